The van der Waals surface area contributed by atoms with Crippen LogP contribution < -0.4 is 4.74 Å². The average molecular weight is 281 g/mol. The first-order valence-electron chi connectivity index (χ1n) is 6.01. The molecular formula is C13H13ClN2O3. The number of carbonyl (C=O) groups is 1. The molecule has 0 aliphatic carbocycles. The fourth-order valence-corrected chi connectivity index (χ4v) is 2.85. The van der Waals surface area contributed by atoms with Gasteiger partial charge in [0, 0.05) is 22.7 Å². The predicted molar refractivity (Wildman–Crippen MR) is 71.9 cm³/mol. The van der Waals surface area contributed by atoms with Gasteiger partial charge in [0.05, 0.1) is 17.6 Å². The Labute approximate surface area is 114 Å². The second-order valence-corrected chi connectivity index (χ2v) is 4.94. The number of rotatable bonds is 0. The summed E-state index contributed by atoms with van der Waals surface area (Å²) in [5.41, 5.74) is 1.70. The van der Waals surface area contributed by atoms with E-state index in [1.165, 1.54) is 4.90 Å². The zero-order valence-corrected chi connectivity index (χ0v) is 11.1. The molecule has 0 bridgehead atoms. The largest absolute Gasteiger partial charge is 0.491 e. The molecule has 1 amide bonds. The highest BCUT2D eigenvalue weighted by atomic mass is 35.5. The Balaban J connectivity index is 2.26. The number of carboxylic acid groups (broad SMARTS) is 1. The molecule has 0 saturated heterocycles. The number of halogens is 1. The predicted octanol–water partition coefficient (Wildman–Crippen LogP) is 3.25. The third-order valence-electron chi connectivity index (χ3n) is 3.52. The Bertz CT molecular complexity index is 653. The molecule has 1 aliphatic rings. The van der Waals surface area contributed by atoms with Gasteiger partial charge < -0.3 is 14.8 Å². The number of ether oxygens (including phenoxy) is 1. The normalized spacial score (nSPS) is 18.8. The number of benzene rings is 1. The lowest BCUT2D eigenvalue weighted by atomic mass is 10.0. The molecular weight excluding hydrogens is 268 g/mol. The summed E-state index contributed by atoms with van der Waals surface area (Å²) in [5.74, 6) is 0.699. The van der Waals surface area contributed by atoms with Crippen LogP contribution in [0, 0.1) is 0 Å². The summed E-state index contributed by atoms with van der Waals surface area (Å²) in [6.07, 6.45) is 0.752. The Morgan fingerprint density at radius 1 is 1.58 bits per heavy atom. The molecule has 6 heteroatoms. The van der Waals surface area contributed by atoms with Gasteiger partial charge in [-0.05, 0) is 19.1 Å². The quantitative estimate of drug-likeness (QED) is 0.778. The number of amides is 1. The van der Waals surface area contributed by atoms with Gasteiger partial charge in [0.2, 0.25) is 0 Å². The van der Waals surface area contributed by atoms with E-state index in [1.807, 2.05) is 19.1 Å². The molecule has 100 valence electrons. The van der Waals surface area contributed by atoms with Gasteiger partial charge in [0.25, 0.3) is 0 Å². The molecule has 0 fully saturated rings. The van der Waals surface area contributed by atoms with Crippen LogP contribution in [0.4, 0.5) is 4.79 Å². The first-order valence-corrected chi connectivity index (χ1v) is 6.39. The molecule has 3 rings (SSSR count). The third-order valence-corrected chi connectivity index (χ3v) is 3.82. The fraction of sp³-hybridized carbons (Fsp3) is 0.308. The number of H-pyrrole nitrogens is 1. The standard InChI is InChI=1S/C13H13ClN2O3/c1-7-11-10(19-5-4-16(7)13(17)18)3-2-9-12(11)8(14)6-15-9/h2-3,6-7,15H,4-5H2,1H3,(H,17,18). The van der Waals surface area contributed by atoms with Crippen LogP contribution in [-0.2, 0) is 0 Å². The molecule has 0 saturated carbocycles. The lowest BCUT2D eigenvalue weighted by Crippen LogP contribution is -2.33. The molecule has 1 aliphatic heterocycles. The number of nitrogens with zero attached hydrogens (tertiary/aromatic N) is 1. The van der Waals surface area contributed by atoms with E-state index in [9.17, 15) is 9.90 Å². The summed E-state index contributed by atoms with van der Waals surface area (Å²) in [7, 11) is 0. The molecule has 2 N–H and O–H groups in total. The number of hydrogen-bond acceptors (Lipinski definition) is 2. The summed E-state index contributed by atoms with van der Waals surface area (Å²) in [4.78, 5) is 15.8. The summed E-state index contributed by atoms with van der Waals surface area (Å²) in [6.45, 7) is 2.54. The van der Waals surface area contributed by atoms with E-state index >= 15 is 0 Å². The van der Waals surface area contributed by atoms with Crippen molar-refractivity contribution in [3.8, 4) is 5.75 Å². The highest BCUT2D eigenvalue weighted by Gasteiger charge is 2.29. The van der Waals surface area contributed by atoms with Crippen molar-refractivity contribution in [2.75, 3.05) is 13.2 Å². The van der Waals surface area contributed by atoms with Crippen molar-refractivity contribution < 1.29 is 14.6 Å². The summed E-state index contributed by atoms with van der Waals surface area (Å²) < 4.78 is 5.65. The lowest BCUT2D eigenvalue weighted by Gasteiger charge is -2.24. The van der Waals surface area contributed by atoms with Crippen molar-refractivity contribution in [1.29, 1.82) is 0 Å². The molecule has 1 aromatic carbocycles. The maximum atomic E-state index is 11.3. The summed E-state index contributed by atoms with van der Waals surface area (Å²) in [6, 6.07) is 3.45. The van der Waals surface area contributed by atoms with Crippen molar-refractivity contribution in [2.24, 2.45) is 0 Å². The van der Waals surface area contributed by atoms with Crippen molar-refractivity contribution in [3.05, 3.63) is 28.9 Å². The number of fused-ring (bicyclic) bond motifs is 3. The molecule has 1 aromatic heterocycles. The molecule has 2 aromatic rings. The minimum Gasteiger partial charge on any atom is -0.491 e. The zero-order valence-electron chi connectivity index (χ0n) is 10.3. The van der Waals surface area contributed by atoms with Crippen LogP contribution in [0.25, 0.3) is 10.9 Å². The average Bonchev–Trinajstić information content (AvgIpc) is 2.66. The highest BCUT2D eigenvalue weighted by Crippen LogP contribution is 2.40. The number of aromatic nitrogens is 1. The van der Waals surface area contributed by atoms with E-state index in [-0.39, 0.29) is 6.04 Å². The zero-order chi connectivity index (χ0) is 13.6. The Kier molecular flexibility index (Phi) is 2.78. The van der Waals surface area contributed by atoms with Gasteiger partial charge >= 0.3 is 6.09 Å². The highest BCUT2D eigenvalue weighted by molar-refractivity contribution is 6.36. The SMILES string of the molecule is CC1c2c(ccc3[nH]cc(Cl)c23)OCCN1C(=O)O. The van der Waals surface area contributed by atoms with E-state index < -0.39 is 6.09 Å². The molecule has 19 heavy (non-hydrogen) atoms. The molecule has 0 radical (unpaired) electrons. The van der Waals surface area contributed by atoms with Crippen molar-refractivity contribution in [2.45, 2.75) is 13.0 Å². The van der Waals surface area contributed by atoms with Gasteiger partial charge in [-0.25, -0.2) is 4.79 Å². The first-order chi connectivity index (χ1) is 9.09. The van der Waals surface area contributed by atoms with E-state index in [2.05, 4.69) is 4.98 Å². The van der Waals surface area contributed by atoms with Crippen LogP contribution in [0.5, 0.6) is 5.75 Å². The van der Waals surface area contributed by atoms with Crippen molar-refractivity contribution >= 4 is 28.6 Å². The molecule has 1 unspecified atom stereocenters. The van der Waals surface area contributed by atoms with Gasteiger partial charge in [0.1, 0.15) is 12.4 Å². The van der Waals surface area contributed by atoms with Crippen LogP contribution in [0.15, 0.2) is 18.3 Å². The van der Waals surface area contributed by atoms with E-state index in [1.54, 1.807) is 6.20 Å². The van der Waals surface area contributed by atoms with Gasteiger partial charge in [-0.2, -0.15) is 0 Å². The van der Waals surface area contributed by atoms with Gasteiger partial charge in [-0.1, -0.05) is 11.6 Å². The van der Waals surface area contributed by atoms with E-state index in [0.717, 1.165) is 16.5 Å². The van der Waals surface area contributed by atoms with Crippen LogP contribution in [-0.4, -0.2) is 34.2 Å². The number of aromatic amines is 1. The molecule has 2 heterocycles. The molecule has 1 atom stereocenters. The van der Waals surface area contributed by atoms with Crippen LogP contribution in [0.1, 0.15) is 18.5 Å². The van der Waals surface area contributed by atoms with Gasteiger partial charge in [-0.15, -0.1) is 0 Å². The smallest absolute Gasteiger partial charge is 0.407 e. The summed E-state index contributed by atoms with van der Waals surface area (Å²) in [5, 5.41) is 10.7. The second-order valence-electron chi connectivity index (χ2n) is 4.54. The molecule has 0 spiro atoms. The maximum absolute atomic E-state index is 11.3. The monoisotopic (exact) mass is 280 g/mol. The van der Waals surface area contributed by atoms with E-state index in [0.29, 0.717) is 23.9 Å². The van der Waals surface area contributed by atoms with Crippen LogP contribution in [0.2, 0.25) is 5.02 Å². The summed E-state index contributed by atoms with van der Waals surface area (Å²) >= 11 is 6.20. The Morgan fingerprint density at radius 2 is 2.37 bits per heavy atom. The van der Waals surface area contributed by atoms with Gasteiger partial charge in [0.15, 0.2) is 0 Å². The second kappa shape index (κ2) is 4.35. The van der Waals surface area contributed by atoms with Gasteiger partial charge in [-0.3, -0.25) is 4.90 Å². The molecule has 5 nitrogen and oxygen atoms in total. The minimum absolute atomic E-state index is 0.299. The number of hydrogen-bond donors (Lipinski definition) is 2. The van der Waals surface area contributed by atoms with Crippen LogP contribution >= 0.6 is 11.6 Å². The maximum Gasteiger partial charge on any atom is 0.407 e. The number of nitrogens with one attached hydrogen (secondary N) is 1. The first kappa shape index (κ1) is 12.2. The Morgan fingerprint density at radius 3 is 3.11 bits per heavy atom. The fourth-order valence-electron chi connectivity index (χ4n) is 2.60. The van der Waals surface area contributed by atoms with Crippen molar-refractivity contribution in [1.82, 2.24) is 9.88 Å². The third kappa shape index (κ3) is 1.81. The lowest BCUT2D eigenvalue weighted by molar-refractivity contribution is 0.125. The van der Waals surface area contributed by atoms with E-state index in [4.69, 9.17) is 16.3 Å². The Hall–Kier alpha value is -1.88. The minimum atomic E-state index is -0.951. The van der Waals surface area contributed by atoms with Crippen LogP contribution in [0.3, 0.4) is 0 Å². The topological polar surface area (TPSA) is 65.6 Å². The van der Waals surface area contributed by atoms with Crippen molar-refractivity contribution in [3.63, 3.8) is 0 Å².